The van der Waals surface area contributed by atoms with Gasteiger partial charge in [0.15, 0.2) is 0 Å². The van der Waals surface area contributed by atoms with Crippen LogP contribution in [0, 0.1) is 10.1 Å². The monoisotopic (exact) mass is 366 g/mol. The second-order valence-electron chi connectivity index (χ2n) is 5.61. The Labute approximate surface area is 137 Å². The number of hydrogen-bond acceptors (Lipinski definition) is 5. The fraction of sp³-hybridized carbons (Fsp3) is 0.571. The molecule has 1 fully saturated rings. The highest BCUT2D eigenvalue weighted by atomic mass is 32.2. The van der Waals surface area contributed by atoms with Crippen LogP contribution in [0.25, 0.3) is 0 Å². The SMILES string of the molecule is CC[C@@H]1CCCCN1c1ccc(S(=O)(=O)C(F)(F)F)cc1[N+](=O)[O-]. The first-order chi connectivity index (χ1) is 11.1. The molecular weight excluding hydrogens is 349 g/mol. The summed E-state index contributed by atoms with van der Waals surface area (Å²) in [5, 5.41) is 11.3. The van der Waals surface area contributed by atoms with Crippen molar-refractivity contribution in [1.29, 1.82) is 0 Å². The van der Waals surface area contributed by atoms with E-state index in [4.69, 9.17) is 0 Å². The molecule has 0 spiro atoms. The molecule has 2 rings (SSSR count). The fourth-order valence-corrected chi connectivity index (χ4v) is 3.72. The molecule has 1 aliphatic rings. The van der Waals surface area contributed by atoms with E-state index in [1.165, 1.54) is 0 Å². The smallest absolute Gasteiger partial charge is 0.363 e. The minimum atomic E-state index is -5.62. The van der Waals surface area contributed by atoms with Gasteiger partial charge in [0.05, 0.1) is 9.82 Å². The number of benzene rings is 1. The van der Waals surface area contributed by atoms with Crippen molar-refractivity contribution in [3.05, 3.63) is 28.3 Å². The molecule has 6 nitrogen and oxygen atoms in total. The summed E-state index contributed by atoms with van der Waals surface area (Å²) in [5.74, 6) is 0. The molecule has 10 heteroatoms. The van der Waals surface area contributed by atoms with Crippen LogP contribution < -0.4 is 4.90 Å². The maximum absolute atomic E-state index is 12.7. The number of halogens is 3. The molecule has 0 aliphatic carbocycles. The number of nitro benzene ring substituents is 1. The van der Waals surface area contributed by atoms with Gasteiger partial charge >= 0.3 is 5.51 Å². The maximum atomic E-state index is 12.7. The highest BCUT2D eigenvalue weighted by Crippen LogP contribution is 2.38. The van der Waals surface area contributed by atoms with E-state index in [1.54, 1.807) is 4.90 Å². The summed E-state index contributed by atoms with van der Waals surface area (Å²) in [4.78, 5) is 11.1. The van der Waals surface area contributed by atoms with Crippen molar-refractivity contribution >= 4 is 21.2 Å². The molecular formula is C14H17F3N2O4S. The van der Waals surface area contributed by atoms with Crippen LogP contribution in [0.2, 0.25) is 0 Å². The van der Waals surface area contributed by atoms with Crippen LogP contribution in [0.4, 0.5) is 24.5 Å². The lowest BCUT2D eigenvalue weighted by Crippen LogP contribution is -2.39. The highest BCUT2D eigenvalue weighted by molar-refractivity contribution is 7.92. The molecule has 1 aliphatic heterocycles. The van der Waals surface area contributed by atoms with Gasteiger partial charge in [-0.1, -0.05) is 6.92 Å². The second kappa shape index (κ2) is 6.58. The van der Waals surface area contributed by atoms with E-state index in [0.717, 1.165) is 37.8 Å². The average Bonchev–Trinajstić information content (AvgIpc) is 2.53. The second-order valence-corrected chi connectivity index (χ2v) is 7.55. The van der Waals surface area contributed by atoms with E-state index in [2.05, 4.69) is 0 Å². The van der Waals surface area contributed by atoms with Gasteiger partial charge < -0.3 is 4.90 Å². The number of nitro groups is 1. The quantitative estimate of drug-likeness (QED) is 0.600. The lowest BCUT2D eigenvalue weighted by atomic mass is 9.99. The topological polar surface area (TPSA) is 80.5 Å². The van der Waals surface area contributed by atoms with Gasteiger partial charge in [0.1, 0.15) is 5.69 Å². The zero-order valence-corrected chi connectivity index (χ0v) is 13.7. The van der Waals surface area contributed by atoms with E-state index < -0.39 is 30.9 Å². The molecule has 24 heavy (non-hydrogen) atoms. The van der Waals surface area contributed by atoms with Gasteiger partial charge in [0.2, 0.25) is 0 Å². The zero-order chi connectivity index (χ0) is 18.1. The molecule has 0 radical (unpaired) electrons. The van der Waals surface area contributed by atoms with Crippen molar-refractivity contribution in [1.82, 2.24) is 0 Å². The standard InChI is InChI=1S/C14H17F3N2O4S/c1-2-10-5-3-4-8-18(10)12-7-6-11(9-13(12)19(20)21)24(22,23)14(15,16)17/h6-7,9-10H,2-5,8H2,1H3/t10-/m1/s1. The molecule has 1 aromatic carbocycles. The number of hydrogen-bond donors (Lipinski definition) is 0. The van der Waals surface area contributed by atoms with Crippen LogP contribution >= 0.6 is 0 Å². The number of rotatable bonds is 4. The van der Waals surface area contributed by atoms with Crippen LogP contribution in [-0.4, -0.2) is 31.4 Å². The first-order valence-electron chi connectivity index (χ1n) is 7.46. The summed E-state index contributed by atoms with van der Waals surface area (Å²) in [6, 6.07) is 2.43. The number of piperidine rings is 1. The van der Waals surface area contributed by atoms with Gasteiger partial charge in [0, 0.05) is 18.7 Å². The van der Waals surface area contributed by atoms with E-state index in [9.17, 15) is 31.7 Å². The number of sulfone groups is 1. The predicted molar refractivity (Wildman–Crippen MR) is 81.6 cm³/mol. The van der Waals surface area contributed by atoms with Gasteiger partial charge in [-0.15, -0.1) is 0 Å². The molecule has 0 bridgehead atoms. The highest BCUT2D eigenvalue weighted by Gasteiger charge is 2.47. The Bertz CT molecular complexity index is 734. The Morgan fingerprint density at radius 3 is 2.54 bits per heavy atom. The van der Waals surface area contributed by atoms with Crippen LogP contribution in [0.15, 0.2) is 23.1 Å². The van der Waals surface area contributed by atoms with Gasteiger partial charge in [-0.3, -0.25) is 10.1 Å². The van der Waals surface area contributed by atoms with Gasteiger partial charge in [-0.05, 0) is 37.8 Å². The molecule has 1 heterocycles. The minimum Gasteiger partial charge on any atom is -0.363 e. The van der Waals surface area contributed by atoms with Gasteiger partial charge in [-0.2, -0.15) is 13.2 Å². The first-order valence-corrected chi connectivity index (χ1v) is 8.94. The molecule has 134 valence electrons. The lowest BCUT2D eigenvalue weighted by Gasteiger charge is -2.36. The van der Waals surface area contributed by atoms with E-state index in [0.29, 0.717) is 12.6 Å². The van der Waals surface area contributed by atoms with Crippen molar-refractivity contribution in [3.8, 4) is 0 Å². The Kier molecular flexibility index (Phi) is 5.07. The largest absolute Gasteiger partial charge is 0.501 e. The first kappa shape index (κ1) is 18.5. The Balaban J connectivity index is 2.54. The zero-order valence-electron chi connectivity index (χ0n) is 12.9. The maximum Gasteiger partial charge on any atom is 0.501 e. The van der Waals surface area contributed by atoms with Crippen LogP contribution in [-0.2, 0) is 9.84 Å². The Hall–Kier alpha value is -1.84. The van der Waals surface area contributed by atoms with Crippen LogP contribution in [0.3, 0.4) is 0 Å². The Morgan fingerprint density at radius 2 is 2.00 bits per heavy atom. The van der Waals surface area contributed by atoms with Crippen molar-refractivity contribution < 1.29 is 26.5 Å². The van der Waals surface area contributed by atoms with Crippen molar-refractivity contribution in [3.63, 3.8) is 0 Å². The van der Waals surface area contributed by atoms with E-state index in [-0.39, 0.29) is 11.7 Å². The lowest BCUT2D eigenvalue weighted by molar-refractivity contribution is -0.384. The molecule has 0 amide bonds. The third-order valence-electron chi connectivity index (χ3n) is 4.17. The van der Waals surface area contributed by atoms with Crippen LogP contribution in [0.1, 0.15) is 32.6 Å². The number of alkyl halides is 3. The molecule has 0 aromatic heterocycles. The summed E-state index contributed by atoms with van der Waals surface area (Å²) in [7, 11) is -5.62. The Morgan fingerprint density at radius 1 is 1.33 bits per heavy atom. The summed E-state index contributed by atoms with van der Waals surface area (Å²) in [5.41, 5.74) is -5.97. The summed E-state index contributed by atoms with van der Waals surface area (Å²) < 4.78 is 60.9. The van der Waals surface area contributed by atoms with E-state index in [1.807, 2.05) is 6.92 Å². The number of nitrogens with zero attached hydrogens (tertiary/aromatic N) is 2. The predicted octanol–water partition coefficient (Wildman–Crippen LogP) is 3.66. The van der Waals surface area contributed by atoms with Crippen molar-refractivity contribution in [2.75, 3.05) is 11.4 Å². The summed E-state index contributed by atoms with van der Waals surface area (Å²) in [6.07, 6.45) is 3.36. The van der Waals surface area contributed by atoms with Crippen molar-refractivity contribution in [2.24, 2.45) is 0 Å². The van der Waals surface area contributed by atoms with E-state index >= 15 is 0 Å². The van der Waals surface area contributed by atoms with Crippen molar-refractivity contribution in [2.45, 2.75) is 49.1 Å². The molecule has 1 saturated heterocycles. The molecule has 1 atom stereocenters. The average molecular weight is 366 g/mol. The normalized spacial score (nSPS) is 19.3. The summed E-state index contributed by atoms with van der Waals surface area (Å²) >= 11 is 0. The molecule has 0 N–H and O–H groups in total. The summed E-state index contributed by atoms with van der Waals surface area (Å²) in [6.45, 7) is 2.47. The van der Waals surface area contributed by atoms with Crippen LogP contribution in [0.5, 0.6) is 0 Å². The minimum absolute atomic E-state index is 0.0440. The third-order valence-corrected chi connectivity index (χ3v) is 5.65. The fourth-order valence-electron chi connectivity index (χ4n) is 2.94. The number of anilines is 1. The van der Waals surface area contributed by atoms with Gasteiger partial charge in [-0.25, -0.2) is 8.42 Å². The molecule has 0 saturated carbocycles. The molecule has 1 aromatic rings. The molecule has 0 unspecified atom stereocenters. The van der Waals surface area contributed by atoms with Gasteiger partial charge in [0.25, 0.3) is 15.5 Å². The third kappa shape index (κ3) is 3.33.